The summed E-state index contributed by atoms with van der Waals surface area (Å²) in [4.78, 5) is 23.5. The topological polar surface area (TPSA) is 90.7 Å². The van der Waals surface area contributed by atoms with E-state index < -0.39 is 11.9 Å². The number of hydrogen-bond acceptors (Lipinski definition) is 6. The van der Waals surface area contributed by atoms with E-state index in [9.17, 15) is 9.59 Å². The van der Waals surface area contributed by atoms with Crippen LogP contribution in [0.2, 0.25) is 0 Å². The van der Waals surface area contributed by atoms with Crippen molar-refractivity contribution in [2.45, 2.75) is 6.92 Å². The van der Waals surface area contributed by atoms with Crippen LogP contribution in [0.5, 0.6) is 5.75 Å². The molecular formula is C17H16N2O5. The average Bonchev–Trinajstić information content (AvgIpc) is 3.03. The van der Waals surface area contributed by atoms with Gasteiger partial charge in [-0.25, -0.2) is 0 Å². The zero-order chi connectivity index (χ0) is 17.1. The predicted molar refractivity (Wildman–Crippen MR) is 87.0 cm³/mol. The molecule has 0 spiro atoms. The van der Waals surface area contributed by atoms with Gasteiger partial charge in [0.25, 0.3) is 5.91 Å². The molecule has 24 heavy (non-hydrogen) atoms. The van der Waals surface area contributed by atoms with Gasteiger partial charge in [0.1, 0.15) is 12.3 Å². The molecule has 124 valence electrons. The van der Waals surface area contributed by atoms with E-state index in [1.54, 1.807) is 20.1 Å². The van der Waals surface area contributed by atoms with E-state index in [-0.39, 0.29) is 18.8 Å². The fourth-order valence-corrected chi connectivity index (χ4v) is 2.44. The van der Waals surface area contributed by atoms with Crippen molar-refractivity contribution >= 4 is 33.6 Å². The fraction of sp³-hybridized carbons (Fsp3) is 0.235. The van der Waals surface area contributed by atoms with Gasteiger partial charge in [-0.3, -0.25) is 9.59 Å². The highest BCUT2D eigenvalue weighted by Gasteiger charge is 2.18. The van der Waals surface area contributed by atoms with Crippen molar-refractivity contribution in [2.75, 3.05) is 20.3 Å². The molecule has 0 bridgehead atoms. The third-order valence-corrected chi connectivity index (χ3v) is 3.57. The molecule has 7 heteroatoms. The van der Waals surface area contributed by atoms with E-state index in [2.05, 4.69) is 10.5 Å². The lowest BCUT2D eigenvalue weighted by molar-refractivity contribution is -0.141. The molecule has 7 nitrogen and oxygen atoms in total. The Kier molecular flexibility index (Phi) is 4.33. The molecule has 0 atom stereocenters. The molecule has 1 aromatic heterocycles. The molecule has 3 rings (SSSR count). The number of carbonyl (C=O) groups is 2. The number of esters is 1. The number of benzene rings is 2. The van der Waals surface area contributed by atoms with E-state index in [0.29, 0.717) is 11.0 Å². The minimum Gasteiger partial charge on any atom is -0.497 e. The van der Waals surface area contributed by atoms with Crippen LogP contribution in [-0.4, -0.2) is 37.3 Å². The van der Waals surface area contributed by atoms with E-state index in [0.717, 1.165) is 16.5 Å². The van der Waals surface area contributed by atoms with Crippen molar-refractivity contribution < 1.29 is 23.6 Å². The smallest absolute Gasteiger partial charge is 0.325 e. The molecule has 0 fully saturated rings. The molecule has 0 aliphatic heterocycles. The van der Waals surface area contributed by atoms with Gasteiger partial charge in [0.05, 0.1) is 19.1 Å². The summed E-state index contributed by atoms with van der Waals surface area (Å²) in [5.41, 5.74) is 0.642. The molecule has 0 saturated carbocycles. The van der Waals surface area contributed by atoms with E-state index in [4.69, 9.17) is 14.0 Å². The zero-order valence-corrected chi connectivity index (χ0v) is 13.3. The van der Waals surface area contributed by atoms with Crippen molar-refractivity contribution in [3.05, 3.63) is 36.0 Å². The van der Waals surface area contributed by atoms with E-state index >= 15 is 0 Å². The number of carbonyl (C=O) groups excluding carboxylic acids is 2. The van der Waals surface area contributed by atoms with Crippen LogP contribution >= 0.6 is 0 Å². The largest absolute Gasteiger partial charge is 0.497 e. The quantitative estimate of drug-likeness (QED) is 0.723. The third-order valence-electron chi connectivity index (χ3n) is 3.57. The standard InChI is InChI=1S/C17H16N2O5/c1-3-23-14(20)9-18-17(21)15-13-6-4-10-8-11(22-2)5-7-12(10)16(13)24-19-15/h4-8H,3,9H2,1-2H3,(H,18,21). The molecule has 0 saturated heterocycles. The third kappa shape index (κ3) is 2.88. The molecule has 0 unspecified atom stereocenters. The van der Waals surface area contributed by atoms with Crippen LogP contribution in [0, 0.1) is 0 Å². The number of rotatable bonds is 5. The second kappa shape index (κ2) is 6.57. The van der Waals surface area contributed by atoms with Gasteiger partial charge >= 0.3 is 5.97 Å². The number of amides is 1. The number of fused-ring (bicyclic) bond motifs is 3. The van der Waals surface area contributed by atoms with Crippen molar-refractivity contribution in [1.82, 2.24) is 10.5 Å². The van der Waals surface area contributed by atoms with Crippen molar-refractivity contribution in [2.24, 2.45) is 0 Å². The lowest BCUT2D eigenvalue weighted by Crippen LogP contribution is -2.30. The number of ether oxygens (including phenoxy) is 2. The first-order valence-corrected chi connectivity index (χ1v) is 7.44. The Morgan fingerprint density at radius 2 is 2.00 bits per heavy atom. The second-order valence-electron chi connectivity index (χ2n) is 5.05. The van der Waals surface area contributed by atoms with Gasteiger partial charge < -0.3 is 19.3 Å². The maximum atomic E-state index is 12.2. The Morgan fingerprint density at radius 3 is 2.75 bits per heavy atom. The fourth-order valence-electron chi connectivity index (χ4n) is 2.44. The predicted octanol–water partition coefficient (Wildman–Crippen LogP) is 2.28. The van der Waals surface area contributed by atoms with E-state index in [1.165, 1.54) is 0 Å². The molecular weight excluding hydrogens is 312 g/mol. The lowest BCUT2D eigenvalue weighted by atomic mass is 10.1. The molecule has 0 aliphatic rings. The molecule has 1 amide bonds. The highest BCUT2D eigenvalue weighted by molar-refractivity contribution is 6.12. The summed E-state index contributed by atoms with van der Waals surface area (Å²) in [7, 11) is 1.60. The van der Waals surface area contributed by atoms with Gasteiger partial charge in [0.15, 0.2) is 11.3 Å². The Hall–Kier alpha value is -3.09. The minimum atomic E-state index is -0.504. The number of hydrogen-bond donors (Lipinski definition) is 1. The SMILES string of the molecule is CCOC(=O)CNC(=O)c1noc2c1ccc1cc(OC)ccc12. The van der Waals surface area contributed by atoms with Gasteiger partial charge in [0.2, 0.25) is 0 Å². The Bertz CT molecular complexity index is 916. The molecule has 1 N–H and O–H groups in total. The van der Waals surface area contributed by atoms with Crippen LogP contribution in [0.25, 0.3) is 21.7 Å². The maximum absolute atomic E-state index is 12.2. The monoisotopic (exact) mass is 328 g/mol. The molecule has 0 aliphatic carbocycles. The molecule has 1 heterocycles. The number of nitrogens with zero attached hydrogens (tertiary/aromatic N) is 1. The van der Waals surface area contributed by atoms with Crippen molar-refractivity contribution in [3.63, 3.8) is 0 Å². The normalized spacial score (nSPS) is 10.8. The molecule has 2 aromatic carbocycles. The zero-order valence-electron chi connectivity index (χ0n) is 13.3. The van der Waals surface area contributed by atoms with Crippen molar-refractivity contribution in [3.8, 4) is 5.75 Å². The van der Waals surface area contributed by atoms with Crippen molar-refractivity contribution in [1.29, 1.82) is 0 Å². The minimum absolute atomic E-state index is 0.131. The summed E-state index contributed by atoms with van der Waals surface area (Å²) >= 11 is 0. The van der Waals surface area contributed by atoms with Crippen LogP contribution in [-0.2, 0) is 9.53 Å². The Balaban J connectivity index is 1.91. The Morgan fingerprint density at radius 1 is 1.21 bits per heavy atom. The first kappa shape index (κ1) is 15.8. The maximum Gasteiger partial charge on any atom is 0.325 e. The highest BCUT2D eigenvalue weighted by atomic mass is 16.5. The van der Waals surface area contributed by atoms with Crippen LogP contribution in [0.4, 0.5) is 0 Å². The summed E-state index contributed by atoms with van der Waals surface area (Å²) in [5, 5.41) is 8.63. The first-order valence-electron chi connectivity index (χ1n) is 7.44. The van der Waals surface area contributed by atoms with Crippen LogP contribution in [0.15, 0.2) is 34.9 Å². The first-order chi connectivity index (χ1) is 11.6. The number of nitrogens with one attached hydrogen (secondary N) is 1. The molecule has 0 radical (unpaired) electrons. The van der Waals surface area contributed by atoms with Gasteiger partial charge in [-0.05, 0) is 36.6 Å². The number of aromatic nitrogens is 1. The highest BCUT2D eigenvalue weighted by Crippen LogP contribution is 2.30. The summed E-state index contributed by atoms with van der Waals surface area (Å²) in [6.07, 6.45) is 0. The van der Waals surface area contributed by atoms with Crippen LogP contribution < -0.4 is 10.1 Å². The summed E-state index contributed by atoms with van der Waals surface area (Å²) < 4.78 is 15.3. The molecule has 3 aromatic rings. The second-order valence-corrected chi connectivity index (χ2v) is 5.05. The van der Waals surface area contributed by atoms with E-state index in [1.807, 2.05) is 24.3 Å². The van der Waals surface area contributed by atoms with Gasteiger partial charge in [-0.1, -0.05) is 11.2 Å². The summed E-state index contributed by atoms with van der Waals surface area (Å²) in [6.45, 7) is 1.74. The summed E-state index contributed by atoms with van der Waals surface area (Å²) in [5.74, 6) is -0.264. The van der Waals surface area contributed by atoms with Crippen LogP contribution in [0.1, 0.15) is 17.4 Å². The van der Waals surface area contributed by atoms with Gasteiger partial charge in [-0.2, -0.15) is 0 Å². The number of methoxy groups -OCH3 is 1. The van der Waals surface area contributed by atoms with Crippen LogP contribution in [0.3, 0.4) is 0 Å². The Labute approximate surface area is 137 Å². The summed E-state index contributed by atoms with van der Waals surface area (Å²) in [6, 6.07) is 9.15. The average molecular weight is 328 g/mol. The van der Waals surface area contributed by atoms with Gasteiger partial charge in [-0.15, -0.1) is 0 Å². The lowest BCUT2D eigenvalue weighted by Gasteiger charge is -2.04. The van der Waals surface area contributed by atoms with Gasteiger partial charge in [0, 0.05) is 5.39 Å².